The van der Waals surface area contributed by atoms with Crippen LogP contribution in [0.15, 0.2) is 48.5 Å². The molecule has 2 aromatic carbocycles. The number of amides is 2. The van der Waals surface area contributed by atoms with E-state index in [1.54, 1.807) is 18.7 Å². The van der Waals surface area contributed by atoms with E-state index in [4.69, 9.17) is 4.74 Å². The topological polar surface area (TPSA) is 95.9 Å². The summed E-state index contributed by atoms with van der Waals surface area (Å²) in [7, 11) is 0. The minimum Gasteiger partial charge on any atom is -0.481 e. The molecule has 3 aliphatic rings. The van der Waals surface area contributed by atoms with Crippen LogP contribution in [-0.2, 0) is 14.3 Å². The molecule has 0 spiro atoms. The van der Waals surface area contributed by atoms with Crippen molar-refractivity contribution >= 4 is 18.0 Å². The van der Waals surface area contributed by atoms with Crippen molar-refractivity contribution in [2.75, 3.05) is 26.2 Å². The number of piperidine rings is 1. The number of carboxylic acids is 1. The molecule has 2 aliphatic carbocycles. The molecule has 0 radical (unpaired) electrons. The quantitative estimate of drug-likeness (QED) is 0.705. The van der Waals surface area contributed by atoms with Gasteiger partial charge in [-0.15, -0.1) is 0 Å². The van der Waals surface area contributed by atoms with E-state index in [2.05, 4.69) is 29.6 Å². The molecule has 33 heavy (non-hydrogen) atoms. The monoisotopic (exact) mass is 448 g/mol. The highest BCUT2D eigenvalue weighted by atomic mass is 16.5. The molecular formula is C26H28N2O5. The van der Waals surface area contributed by atoms with Crippen LogP contribution in [-0.4, -0.2) is 54.2 Å². The minimum atomic E-state index is -0.859. The summed E-state index contributed by atoms with van der Waals surface area (Å²) in [5.41, 5.74) is 2.99. The number of rotatable bonds is 6. The largest absolute Gasteiger partial charge is 0.481 e. The zero-order valence-corrected chi connectivity index (χ0v) is 18.8. The van der Waals surface area contributed by atoms with Crippen LogP contribution in [0.4, 0.5) is 4.79 Å². The predicted octanol–water partition coefficient (Wildman–Crippen LogP) is 3.48. The summed E-state index contributed by atoms with van der Waals surface area (Å²) in [4.78, 5) is 38.6. The summed E-state index contributed by atoms with van der Waals surface area (Å²) >= 11 is 0. The summed E-state index contributed by atoms with van der Waals surface area (Å²) < 4.78 is 5.56. The van der Waals surface area contributed by atoms with Crippen molar-refractivity contribution < 1.29 is 24.2 Å². The maximum Gasteiger partial charge on any atom is 0.407 e. The summed E-state index contributed by atoms with van der Waals surface area (Å²) in [6, 6.07) is 16.3. The van der Waals surface area contributed by atoms with Crippen molar-refractivity contribution in [1.82, 2.24) is 10.2 Å². The number of aliphatic carboxylic acids is 1. The number of alkyl carbamates (subject to hydrolysis) is 1. The lowest BCUT2D eigenvalue weighted by molar-refractivity contribution is -0.145. The third-order valence-corrected chi connectivity index (χ3v) is 7.46. The highest BCUT2D eigenvalue weighted by Gasteiger charge is 2.66. The Labute approximate surface area is 192 Å². The van der Waals surface area contributed by atoms with Gasteiger partial charge in [-0.05, 0) is 48.4 Å². The Hall–Kier alpha value is -3.35. The van der Waals surface area contributed by atoms with E-state index in [1.165, 1.54) is 0 Å². The number of carboxylic acid groups (broad SMARTS) is 1. The lowest BCUT2D eigenvalue weighted by Crippen LogP contribution is -2.47. The van der Waals surface area contributed by atoms with Gasteiger partial charge in [0.25, 0.3) is 0 Å². The first kappa shape index (κ1) is 21.5. The molecule has 5 rings (SSSR count). The summed E-state index contributed by atoms with van der Waals surface area (Å²) in [5, 5.41) is 12.2. The van der Waals surface area contributed by atoms with Crippen LogP contribution in [0.1, 0.15) is 37.3 Å². The normalized spacial score (nSPS) is 22.8. The maximum absolute atomic E-state index is 13.0. The number of nitrogens with one attached hydrogen (secondary N) is 1. The molecule has 0 aromatic heterocycles. The summed E-state index contributed by atoms with van der Waals surface area (Å²) in [6.07, 6.45) is 0.0777. The van der Waals surface area contributed by atoms with Crippen molar-refractivity contribution in [2.45, 2.75) is 26.2 Å². The van der Waals surface area contributed by atoms with Crippen molar-refractivity contribution in [3.63, 3.8) is 0 Å². The van der Waals surface area contributed by atoms with E-state index in [9.17, 15) is 19.5 Å². The average molecular weight is 449 g/mol. The van der Waals surface area contributed by atoms with E-state index < -0.39 is 22.9 Å². The number of ether oxygens (including phenoxy) is 1. The number of hydrogen-bond acceptors (Lipinski definition) is 4. The Morgan fingerprint density at radius 1 is 1.09 bits per heavy atom. The molecule has 1 aliphatic heterocycles. The molecule has 1 heterocycles. The second kappa shape index (κ2) is 7.61. The summed E-state index contributed by atoms with van der Waals surface area (Å²) in [6.45, 7) is 4.57. The van der Waals surface area contributed by atoms with Crippen molar-refractivity contribution in [2.24, 2.45) is 16.7 Å². The van der Waals surface area contributed by atoms with Crippen molar-refractivity contribution in [3.8, 4) is 11.1 Å². The first-order valence-corrected chi connectivity index (χ1v) is 11.3. The smallest absolute Gasteiger partial charge is 0.407 e. The molecule has 2 aromatic rings. The summed E-state index contributed by atoms with van der Waals surface area (Å²) in [5.74, 6) is -0.946. The van der Waals surface area contributed by atoms with E-state index in [0.29, 0.717) is 13.0 Å². The molecule has 0 bridgehead atoms. The van der Waals surface area contributed by atoms with Gasteiger partial charge in [0.2, 0.25) is 5.91 Å². The predicted molar refractivity (Wildman–Crippen MR) is 122 cm³/mol. The molecule has 2 amide bonds. The molecular weight excluding hydrogens is 420 g/mol. The van der Waals surface area contributed by atoms with E-state index in [1.807, 2.05) is 24.3 Å². The maximum atomic E-state index is 13.0. The van der Waals surface area contributed by atoms with Crippen LogP contribution in [0.2, 0.25) is 0 Å². The molecule has 2 N–H and O–H groups in total. The fraction of sp³-hybridized carbons (Fsp3) is 0.423. The number of fused-ring (bicyclic) bond motifs is 4. The van der Waals surface area contributed by atoms with Crippen LogP contribution in [0.25, 0.3) is 11.1 Å². The lowest BCUT2D eigenvalue weighted by Gasteiger charge is -2.30. The fourth-order valence-corrected chi connectivity index (χ4v) is 5.42. The number of carbonyl (C=O) groups is 3. The van der Waals surface area contributed by atoms with Gasteiger partial charge in [-0.2, -0.15) is 0 Å². The number of nitrogens with zero attached hydrogens (tertiary/aromatic N) is 1. The first-order valence-electron chi connectivity index (χ1n) is 11.3. The third-order valence-electron chi connectivity index (χ3n) is 7.46. The molecule has 1 saturated heterocycles. The van der Waals surface area contributed by atoms with Crippen LogP contribution >= 0.6 is 0 Å². The second-order valence-electron chi connectivity index (χ2n) is 10.1. The van der Waals surface area contributed by atoms with E-state index in [-0.39, 0.29) is 37.4 Å². The van der Waals surface area contributed by atoms with Gasteiger partial charge in [0.15, 0.2) is 0 Å². The number of likely N-dealkylation sites (tertiary alicyclic amines) is 1. The Balaban J connectivity index is 1.17. The highest BCUT2D eigenvalue weighted by Crippen LogP contribution is 2.58. The Bertz CT molecular complexity index is 1100. The van der Waals surface area contributed by atoms with Crippen LogP contribution in [0, 0.1) is 16.7 Å². The van der Waals surface area contributed by atoms with Gasteiger partial charge < -0.3 is 20.1 Å². The molecule has 1 saturated carbocycles. The molecule has 7 nitrogen and oxygen atoms in total. The zero-order valence-electron chi connectivity index (χ0n) is 18.8. The van der Waals surface area contributed by atoms with Crippen molar-refractivity contribution in [3.05, 3.63) is 59.7 Å². The van der Waals surface area contributed by atoms with Crippen LogP contribution in [0.3, 0.4) is 0 Å². The van der Waals surface area contributed by atoms with Crippen LogP contribution < -0.4 is 5.32 Å². The minimum absolute atomic E-state index is 0.0266. The Kier molecular flexibility index (Phi) is 4.96. The van der Waals surface area contributed by atoms with Gasteiger partial charge in [0.1, 0.15) is 6.61 Å². The second-order valence-corrected chi connectivity index (χ2v) is 10.1. The molecule has 7 heteroatoms. The van der Waals surface area contributed by atoms with E-state index >= 15 is 0 Å². The van der Waals surface area contributed by atoms with Crippen LogP contribution in [0.5, 0.6) is 0 Å². The third kappa shape index (κ3) is 3.56. The lowest BCUT2D eigenvalue weighted by atomic mass is 9.91. The average Bonchev–Trinajstić information content (AvgIpc) is 3.23. The zero-order chi connectivity index (χ0) is 23.4. The van der Waals surface area contributed by atoms with Gasteiger partial charge in [0, 0.05) is 25.6 Å². The molecule has 2 atom stereocenters. The number of hydrogen-bond donors (Lipinski definition) is 2. The first-order chi connectivity index (χ1) is 15.7. The van der Waals surface area contributed by atoms with Gasteiger partial charge in [-0.3, -0.25) is 9.59 Å². The Morgan fingerprint density at radius 3 is 2.27 bits per heavy atom. The van der Waals surface area contributed by atoms with E-state index in [0.717, 1.165) is 22.3 Å². The number of carbonyl (C=O) groups excluding carboxylic acids is 2. The van der Waals surface area contributed by atoms with Gasteiger partial charge in [0.05, 0.1) is 10.8 Å². The molecule has 2 unspecified atom stereocenters. The fourth-order valence-electron chi connectivity index (χ4n) is 5.42. The number of benzene rings is 2. The van der Waals surface area contributed by atoms with Gasteiger partial charge in [-0.25, -0.2) is 4.79 Å². The van der Waals surface area contributed by atoms with Gasteiger partial charge in [-0.1, -0.05) is 48.5 Å². The Morgan fingerprint density at radius 2 is 1.70 bits per heavy atom. The SMILES string of the molecule is CC(C)(CNC(=O)OCC1c2ccccc2-c2ccccc21)C(=O)N1CC2CC2(C(=O)O)C1. The standard InChI is InChI=1S/C26H28N2O5/c1-25(2,22(29)28-12-16-11-26(16,15-28)23(30)31)14-27-24(32)33-13-21-19-9-5-3-7-17(19)18-8-4-6-10-20(18)21/h3-10,16,21H,11-15H2,1-2H3,(H,27,32)(H,30,31). The molecule has 2 fully saturated rings. The highest BCUT2D eigenvalue weighted by molar-refractivity contribution is 5.87. The molecule has 172 valence electrons. The van der Waals surface area contributed by atoms with Gasteiger partial charge >= 0.3 is 12.1 Å². The van der Waals surface area contributed by atoms with Crippen molar-refractivity contribution in [1.29, 1.82) is 0 Å².